The Morgan fingerprint density at radius 1 is 1.33 bits per heavy atom. The molecule has 1 atom stereocenters. The first-order valence-corrected chi connectivity index (χ1v) is 8.78. The number of rotatable bonds is 3. The van der Waals surface area contributed by atoms with Crippen molar-refractivity contribution in [1.82, 2.24) is 10.2 Å². The molecule has 1 spiro atoms. The van der Waals surface area contributed by atoms with E-state index >= 15 is 0 Å². The van der Waals surface area contributed by atoms with Crippen LogP contribution in [0.5, 0.6) is 0 Å². The predicted molar refractivity (Wildman–Crippen MR) is 97.9 cm³/mol. The molecule has 2 heterocycles. The number of fused-ring (bicyclic) bond motifs is 1. The first-order chi connectivity index (χ1) is 11.4. The van der Waals surface area contributed by atoms with Gasteiger partial charge in [-0.2, -0.15) is 0 Å². The average molecular weight is 345 g/mol. The highest BCUT2D eigenvalue weighted by atomic mass is 32.1. The Morgan fingerprint density at radius 2 is 2.08 bits per heavy atom. The second-order valence-corrected chi connectivity index (χ2v) is 7.20. The zero-order valence-corrected chi connectivity index (χ0v) is 15.2. The van der Waals surface area contributed by atoms with Gasteiger partial charge in [0.15, 0.2) is 5.11 Å². The van der Waals surface area contributed by atoms with Crippen molar-refractivity contribution in [3.05, 3.63) is 29.3 Å². The minimum Gasteiger partial charge on any atom is -0.373 e. The monoisotopic (exact) mass is 345 g/mol. The average Bonchev–Trinajstić information content (AvgIpc) is 2.53. The maximum atomic E-state index is 13.2. The number of hydrogen-bond donors (Lipinski definition) is 1. The fourth-order valence-electron chi connectivity index (χ4n) is 3.65. The Morgan fingerprint density at radius 3 is 2.79 bits per heavy atom. The molecule has 6 heteroatoms. The van der Waals surface area contributed by atoms with E-state index in [1.54, 1.807) is 4.90 Å². The molecule has 2 aliphatic heterocycles. The van der Waals surface area contributed by atoms with Crippen LogP contribution in [0.3, 0.4) is 0 Å². The number of amides is 2. The van der Waals surface area contributed by atoms with E-state index in [0.29, 0.717) is 19.5 Å². The summed E-state index contributed by atoms with van der Waals surface area (Å²) >= 11 is 5.23. The summed E-state index contributed by atoms with van der Waals surface area (Å²) in [5, 5.41) is 3.00. The molecule has 1 aromatic carbocycles. The lowest BCUT2D eigenvalue weighted by Crippen LogP contribution is -2.68. The zero-order chi connectivity index (χ0) is 17.5. The van der Waals surface area contributed by atoms with Crippen molar-refractivity contribution >= 4 is 34.8 Å². The van der Waals surface area contributed by atoms with Crippen molar-refractivity contribution in [2.75, 3.05) is 25.0 Å². The van der Waals surface area contributed by atoms with Crippen molar-refractivity contribution in [2.24, 2.45) is 5.41 Å². The molecule has 0 aliphatic carbocycles. The van der Waals surface area contributed by atoms with Crippen molar-refractivity contribution < 1.29 is 9.59 Å². The Balaban J connectivity index is 2.00. The molecule has 0 aromatic heterocycles. The van der Waals surface area contributed by atoms with Gasteiger partial charge in [-0.25, -0.2) is 0 Å². The van der Waals surface area contributed by atoms with E-state index in [1.807, 2.05) is 18.9 Å². The van der Waals surface area contributed by atoms with Crippen molar-refractivity contribution in [2.45, 2.75) is 33.1 Å². The lowest BCUT2D eigenvalue weighted by molar-refractivity contribution is -0.149. The van der Waals surface area contributed by atoms with Gasteiger partial charge in [-0.1, -0.05) is 31.0 Å². The summed E-state index contributed by atoms with van der Waals surface area (Å²) in [4.78, 5) is 29.6. The van der Waals surface area contributed by atoms with Crippen molar-refractivity contribution in [3.8, 4) is 0 Å². The third kappa shape index (κ3) is 2.59. The van der Waals surface area contributed by atoms with E-state index in [2.05, 4.69) is 30.4 Å². The second-order valence-electron chi connectivity index (χ2n) is 6.82. The van der Waals surface area contributed by atoms with Crippen LogP contribution in [0.15, 0.2) is 18.2 Å². The molecule has 3 rings (SSSR count). The minimum atomic E-state index is -1.09. The summed E-state index contributed by atoms with van der Waals surface area (Å²) < 4.78 is 0. The van der Waals surface area contributed by atoms with Crippen LogP contribution in [0, 0.1) is 12.3 Å². The normalized spacial score (nSPS) is 23.5. The van der Waals surface area contributed by atoms with Crippen LogP contribution in [0.4, 0.5) is 5.69 Å². The Kier molecular flexibility index (Phi) is 4.34. The zero-order valence-electron chi connectivity index (χ0n) is 14.4. The molecule has 1 fully saturated rings. The topological polar surface area (TPSA) is 52.7 Å². The van der Waals surface area contributed by atoms with E-state index in [9.17, 15) is 9.59 Å². The second kappa shape index (κ2) is 6.16. The summed E-state index contributed by atoms with van der Waals surface area (Å²) in [6.45, 7) is 5.02. The number of hydrogen-bond acceptors (Lipinski definition) is 4. The number of nitrogens with one attached hydrogen (secondary N) is 1. The van der Waals surface area contributed by atoms with Crippen LogP contribution in [0.1, 0.15) is 30.9 Å². The third-order valence-electron chi connectivity index (χ3n) is 4.94. The summed E-state index contributed by atoms with van der Waals surface area (Å²) in [7, 11) is 1.93. The summed E-state index contributed by atoms with van der Waals surface area (Å²) in [6.07, 6.45) is 2.25. The van der Waals surface area contributed by atoms with Crippen LogP contribution in [-0.4, -0.2) is 42.0 Å². The van der Waals surface area contributed by atoms with Gasteiger partial charge in [0, 0.05) is 25.8 Å². The standard InChI is InChI=1S/C18H23N3O2S/c1-4-5-8-21-16(23)18(15(22)19-17(21)24)10-13-9-12(2)6-7-14(13)20(3)11-18/h6-7,9H,4-5,8,10-11H2,1-3H3,(H,19,22,24)/t18-/m1/s1. The molecular weight excluding hydrogens is 322 g/mol. The molecule has 2 aliphatic rings. The van der Waals surface area contributed by atoms with Crippen LogP contribution in [0.2, 0.25) is 0 Å². The Bertz CT molecular complexity index is 718. The Hall–Kier alpha value is -1.95. The highest BCUT2D eigenvalue weighted by Crippen LogP contribution is 2.39. The number of thiocarbonyl (C=S) groups is 1. The number of carbonyl (C=O) groups is 2. The first-order valence-electron chi connectivity index (χ1n) is 8.37. The maximum Gasteiger partial charge on any atom is 0.246 e. The van der Waals surface area contributed by atoms with Gasteiger partial charge in [-0.15, -0.1) is 0 Å². The largest absolute Gasteiger partial charge is 0.373 e. The molecular formula is C18H23N3O2S. The molecule has 0 bridgehead atoms. The van der Waals surface area contributed by atoms with E-state index in [1.165, 1.54) is 0 Å². The highest BCUT2D eigenvalue weighted by molar-refractivity contribution is 7.80. The SMILES string of the molecule is CCCCN1C(=O)[C@@]2(Cc3cc(C)ccc3N(C)C2)C(=O)NC1=S. The predicted octanol–water partition coefficient (Wildman–Crippen LogP) is 2.02. The van der Waals surface area contributed by atoms with Gasteiger partial charge in [0.05, 0.1) is 0 Å². The van der Waals surface area contributed by atoms with E-state index in [0.717, 1.165) is 29.7 Å². The molecule has 1 saturated heterocycles. The van der Waals surface area contributed by atoms with Crippen LogP contribution >= 0.6 is 12.2 Å². The summed E-state index contributed by atoms with van der Waals surface area (Å²) in [5.41, 5.74) is 2.16. The molecule has 5 nitrogen and oxygen atoms in total. The molecule has 1 aromatic rings. The highest BCUT2D eigenvalue weighted by Gasteiger charge is 2.55. The fraction of sp³-hybridized carbons (Fsp3) is 0.500. The van der Waals surface area contributed by atoms with Crippen LogP contribution < -0.4 is 10.2 Å². The molecule has 2 amide bonds. The third-order valence-corrected chi connectivity index (χ3v) is 5.26. The van der Waals surface area contributed by atoms with Gasteiger partial charge < -0.3 is 10.2 Å². The van der Waals surface area contributed by atoms with Crippen LogP contribution in [-0.2, 0) is 16.0 Å². The van der Waals surface area contributed by atoms with Gasteiger partial charge in [-0.3, -0.25) is 14.5 Å². The Labute approximate surface area is 148 Å². The van der Waals surface area contributed by atoms with Gasteiger partial charge >= 0.3 is 0 Å². The molecule has 0 saturated carbocycles. The van der Waals surface area contributed by atoms with Crippen molar-refractivity contribution in [3.63, 3.8) is 0 Å². The van der Waals surface area contributed by atoms with E-state index < -0.39 is 5.41 Å². The maximum absolute atomic E-state index is 13.2. The van der Waals surface area contributed by atoms with Crippen molar-refractivity contribution in [1.29, 1.82) is 0 Å². The first kappa shape index (κ1) is 16.9. The molecule has 0 unspecified atom stereocenters. The fourth-order valence-corrected chi connectivity index (χ4v) is 3.91. The summed E-state index contributed by atoms with van der Waals surface area (Å²) in [5.74, 6) is -0.437. The molecule has 24 heavy (non-hydrogen) atoms. The number of unbranched alkanes of at least 4 members (excludes halogenated alkanes) is 1. The lowest BCUT2D eigenvalue weighted by atomic mass is 9.74. The number of nitrogens with zero attached hydrogens (tertiary/aromatic N) is 2. The van der Waals surface area contributed by atoms with Gasteiger partial charge in [0.1, 0.15) is 5.41 Å². The minimum absolute atomic E-state index is 0.163. The van der Waals surface area contributed by atoms with Crippen LogP contribution in [0.25, 0.3) is 0 Å². The van der Waals surface area contributed by atoms with Gasteiger partial charge in [-0.05, 0) is 43.6 Å². The van der Waals surface area contributed by atoms with Gasteiger partial charge in [0.25, 0.3) is 0 Å². The molecule has 0 radical (unpaired) electrons. The van der Waals surface area contributed by atoms with Gasteiger partial charge in [0.2, 0.25) is 11.8 Å². The van der Waals surface area contributed by atoms with E-state index in [-0.39, 0.29) is 16.9 Å². The molecule has 128 valence electrons. The molecule has 1 N–H and O–H groups in total. The number of benzene rings is 1. The number of aryl methyl sites for hydroxylation is 1. The lowest BCUT2D eigenvalue weighted by Gasteiger charge is -2.46. The number of anilines is 1. The number of carbonyl (C=O) groups excluding carboxylic acids is 2. The smallest absolute Gasteiger partial charge is 0.246 e. The van der Waals surface area contributed by atoms with E-state index in [4.69, 9.17) is 12.2 Å². The summed E-state index contributed by atoms with van der Waals surface area (Å²) in [6, 6.07) is 6.18. The quantitative estimate of drug-likeness (QED) is 0.673.